The highest BCUT2D eigenvalue weighted by atomic mass is 16.6. The van der Waals surface area contributed by atoms with Gasteiger partial charge in [0.25, 0.3) is 0 Å². The van der Waals surface area contributed by atoms with Crippen LogP contribution in [0.25, 0.3) is 0 Å². The number of hydrogen-bond acceptors (Lipinski definition) is 3. The van der Waals surface area contributed by atoms with Gasteiger partial charge in [-0.2, -0.15) is 0 Å². The van der Waals surface area contributed by atoms with E-state index in [2.05, 4.69) is 4.74 Å². The number of aliphatic hydroxyl groups excluding tert-OH is 1. The first-order valence-corrected chi connectivity index (χ1v) is 3.45. The molecule has 0 aromatic carbocycles. The molecule has 10 heavy (non-hydrogen) atoms. The third-order valence-corrected chi connectivity index (χ3v) is 1.11. The number of esters is 1. The maximum absolute atomic E-state index is 10.5. The van der Waals surface area contributed by atoms with Crippen LogP contribution in [0.5, 0.6) is 0 Å². The van der Waals surface area contributed by atoms with E-state index >= 15 is 0 Å². The molecule has 0 aliphatic carbocycles. The molecule has 0 unspecified atom stereocenters. The highest BCUT2D eigenvalue weighted by Crippen LogP contribution is 2.03. The zero-order chi connectivity index (χ0) is 8.15. The van der Waals surface area contributed by atoms with Gasteiger partial charge in [0, 0.05) is 12.3 Å². The van der Waals surface area contributed by atoms with E-state index < -0.39 is 6.29 Å². The standard InChI is InChI=1S/C7H14O3/c1-4-6(8)10-7(9)5(2)3/h5,7,9H,4H2,1-3H3/t7-/m1/s1. The topological polar surface area (TPSA) is 46.5 Å². The summed E-state index contributed by atoms with van der Waals surface area (Å²) in [5, 5.41) is 8.98. The van der Waals surface area contributed by atoms with Gasteiger partial charge in [0.15, 0.2) is 0 Å². The minimum atomic E-state index is -0.951. The Morgan fingerprint density at radius 3 is 2.40 bits per heavy atom. The van der Waals surface area contributed by atoms with Gasteiger partial charge in [-0.15, -0.1) is 0 Å². The second-order valence-corrected chi connectivity index (χ2v) is 2.48. The van der Waals surface area contributed by atoms with Gasteiger partial charge >= 0.3 is 5.97 Å². The van der Waals surface area contributed by atoms with Crippen LogP contribution in [0.1, 0.15) is 27.2 Å². The molecule has 0 saturated heterocycles. The van der Waals surface area contributed by atoms with Gasteiger partial charge in [0.05, 0.1) is 0 Å². The van der Waals surface area contributed by atoms with E-state index in [-0.39, 0.29) is 11.9 Å². The highest BCUT2D eigenvalue weighted by molar-refractivity contribution is 5.68. The quantitative estimate of drug-likeness (QED) is 0.475. The van der Waals surface area contributed by atoms with Gasteiger partial charge in [-0.3, -0.25) is 4.79 Å². The van der Waals surface area contributed by atoms with Crippen molar-refractivity contribution in [2.75, 3.05) is 0 Å². The van der Waals surface area contributed by atoms with Gasteiger partial charge < -0.3 is 9.84 Å². The number of hydrogen-bond donors (Lipinski definition) is 1. The van der Waals surface area contributed by atoms with Crippen LogP contribution in [0.2, 0.25) is 0 Å². The molecule has 0 amide bonds. The lowest BCUT2D eigenvalue weighted by atomic mass is 10.2. The summed E-state index contributed by atoms with van der Waals surface area (Å²) in [6.07, 6.45) is -0.642. The summed E-state index contributed by atoms with van der Waals surface area (Å²) in [4.78, 5) is 10.5. The predicted octanol–water partition coefficient (Wildman–Crippen LogP) is 0.914. The van der Waals surface area contributed by atoms with Crippen molar-refractivity contribution in [1.82, 2.24) is 0 Å². The van der Waals surface area contributed by atoms with Crippen molar-refractivity contribution in [3.8, 4) is 0 Å². The summed E-state index contributed by atoms with van der Waals surface area (Å²) in [5.74, 6) is -0.392. The molecule has 0 radical (unpaired) electrons. The summed E-state index contributed by atoms with van der Waals surface area (Å²) in [6, 6.07) is 0. The van der Waals surface area contributed by atoms with E-state index in [0.29, 0.717) is 6.42 Å². The molecule has 3 heteroatoms. The SMILES string of the molecule is CCC(=O)O[C@@H](O)C(C)C. The molecular formula is C7H14O3. The Morgan fingerprint density at radius 2 is 2.10 bits per heavy atom. The molecule has 1 N–H and O–H groups in total. The molecule has 3 nitrogen and oxygen atoms in total. The van der Waals surface area contributed by atoms with Crippen LogP contribution in [-0.4, -0.2) is 17.4 Å². The Hall–Kier alpha value is -0.570. The Kier molecular flexibility index (Phi) is 4.03. The largest absolute Gasteiger partial charge is 0.436 e. The lowest BCUT2D eigenvalue weighted by Gasteiger charge is -2.13. The number of ether oxygens (including phenoxy) is 1. The fourth-order valence-electron chi connectivity index (χ4n) is 0.354. The second-order valence-electron chi connectivity index (χ2n) is 2.48. The van der Waals surface area contributed by atoms with Crippen molar-refractivity contribution in [3.05, 3.63) is 0 Å². The Labute approximate surface area is 61.0 Å². The Bertz CT molecular complexity index is 109. The minimum Gasteiger partial charge on any atom is -0.436 e. The molecule has 0 aromatic rings. The lowest BCUT2D eigenvalue weighted by Crippen LogP contribution is -2.22. The normalized spacial score (nSPS) is 13.3. The van der Waals surface area contributed by atoms with Crippen molar-refractivity contribution >= 4 is 5.97 Å². The molecule has 1 atom stereocenters. The molecule has 0 saturated carbocycles. The van der Waals surface area contributed by atoms with Crippen LogP contribution < -0.4 is 0 Å². The first kappa shape index (κ1) is 9.43. The van der Waals surface area contributed by atoms with E-state index in [1.165, 1.54) is 0 Å². The monoisotopic (exact) mass is 146 g/mol. The number of aliphatic hydroxyl groups is 1. The number of carbonyl (C=O) groups excluding carboxylic acids is 1. The first-order chi connectivity index (χ1) is 4.57. The smallest absolute Gasteiger partial charge is 0.307 e. The molecule has 0 aliphatic heterocycles. The van der Waals surface area contributed by atoms with Crippen molar-refractivity contribution in [1.29, 1.82) is 0 Å². The number of carbonyl (C=O) groups is 1. The molecule has 0 spiro atoms. The van der Waals surface area contributed by atoms with Gasteiger partial charge in [0.1, 0.15) is 0 Å². The molecule has 0 heterocycles. The second kappa shape index (κ2) is 4.28. The fraction of sp³-hybridized carbons (Fsp3) is 0.857. The average molecular weight is 146 g/mol. The summed E-state index contributed by atoms with van der Waals surface area (Å²) in [5.41, 5.74) is 0. The van der Waals surface area contributed by atoms with Crippen molar-refractivity contribution in [2.45, 2.75) is 33.5 Å². The van der Waals surface area contributed by atoms with Crippen molar-refractivity contribution < 1.29 is 14.6 Å². The Morgan fingerprint density at radius 1 is 1.60 bits per heavy atom. The van der Waals surface area contributed by atoms with Crippen LogP contribution in [0.4, 0.5) is 0 Å². The molecule has 0 bridgehead atoms. The van der Waals surface area contributed by atoms with Gasteiger partial charge in [-0.1, -0.05) is 20.8 Å². The lowest BCUT2D eigenvalue weighted by molar-refractivity contribution is -0.174. The van der Waals surface area contributed by atoms with Gasteiger partial charge in [-0.05, 0) is 0 Å². The van der Waals surface area contributed by atoms with E-state index in [1.54, 1.807) is 20.8 Å². The zero-order valence-corrected chi connectivity index (χ0v) is 6.63. The van der Waals surface area contributed by atoms with Crippen LogP contribution >= 0.6 is 0 Å². The van der Waals surface area contributed by atoms with Gasteiger partial charge in [0.2, 0.25) is 6.29 Å². The predicted molar refractivity (Wildman–Crippen MR) is 37.2 cm³/mol. The summed E-state index contributed by atoms with van der Waals surface area (Å²) >= 11 is 0. The van der Waals surface area contributed by atoms with Crippen LogP contribution in [0.3, 0.4) is 0 Å². The molecule has 0 fully saturated rings. The maximum Gasteiger partial charge on any atom is 0.307 e. The average Bonchev–Trinajstić information content (AvgIpc) is 1.87. The summed E-state index contributed by atoms with van der Waals surface area (Å²) in [6.45, 7) is 5.26. The molecule has 0 aliphatic rings. The van der Waals surface area contributed by atoms with Crippen LogP contribution in [-0.2, 0) is 9.53 Å². The molecule has 0 rings (SSSR count). The van der Waals surface area contributed by atoms with Crippen molar-refractivity contribution in [2.24, 2.45) is 5.92 Å². The van der Waals surface area contributed by atoms with Crippen LogP contribution in [0.15, 0.2) is 0 Å². The van der Waals surface area contributed by atoms with Gasteiger partial charge in [-0.25, -0.2) is 0 Å². The van der Waals surface area contributed by atoms with E-state index in [4.69, 9.17) is 5.11 Å². The minimum absolute atomic E-state index is 0.0319. The zero-order valence-electron chi connectivity index (χ0n) is 6.63. The van der Waals surface area contributed by atoms with E-state index in [1.807, 2.05) is 0 Å². The van der Waals surface area contributed by atoms with Crippen molar-refractivity contribution in [3.63, 3.8) is 0 Å². The molecule has 60 valence electrons. The summed E-state index contributed by atoms with van der Waals surface area (Å²) in [7, 11) is 0. The van der Waals surface area contributed by atoms with Crippen LogP contribution in [0, 0.1) is 5.92 Å². The molecule has 0 aromatic heterocycles. The third-order valence-electron chi connectivity index (χ3n) is 1.11. The van der Waals surface area contributed by atoms with E-state index in [0.717, 1.165) is 0 Å². The fourth-order valence-corrected chi connectivity index (χ4v) is 0.354. The number of rotatable bonds is 3. The third kappa shape index (κ3) is 3.45. The van der Waals surface area contributed by atoms with E-state index in [9.17, 15) is 4.79 Å². The Balaban J connectivity index is 3.57. The first-order valence-electron chi connectivity index (χ1n) is 3.45. The molecular weight excluding hydrogens is 132 g/mol. The summed E-state index contributed by atoms with van der Waals surface area (Å²) < 4.78 is 4.58. The highest BCUT2D eigenvalue weighted by Gasteiger charge is 2.12. The maximum atomic E-state index is 10.5.